The van der Waals surface area contributed by atoms with Crippen molar-refractivity contribution in [3.05, 3.63) is 0 Å². The first kappa shape index (κ1) is 17.5. The zero-order valence-corrected chi connectivity index (χ0v) is 15.0. The van der Waals surface area contributed by atoms with Gasteiger partial charge in [-0.1, -0.05) is 13.8 Å². The highest BCUT2D eigenvalue weighted by Gasteiger charge is 2.38. The van der Waals surface area contributed by atoms with E-state index in [0.29, 0.717) is 30.8 Å². The van der Waals surface area contributed by atoms with Gasteiger partial charge in [0.1, 0.15) is 0 Å². The molecular formula is C14H29N3O2S2. The minimum absolute atomic E-state index is 0.0910. The molecule has 0 amide bonds. The lowest BCUT2D eigenvalue weighted by Crippen LogP contribution is -2.55. The fraction of sp³-hybridized carbons (Fsp3) is 1.00. The van der Waals surface area contributed by atoms with Crippen LogP contribution in [0.25, 0.3) is 0 Å². The van der Waals surface area contributed by atoms with Gasteiger partial charge in [0.25, 0.3) is 10.2 Å². The Morgan fingerprint density at radius 2 is 1.86 bits per heavy atom. The fourth-order valence-corrected chi connectivity index (χ4v) is 6.26. The molecule has 0 aromatic rings. The normalized spacial score (nSPS) is 30.6. The van der Waals surface area contributed by atoms with Crippen molar-refractivity contribution in [1.82, 2.24) is 13.9 Å². The molecule has 0 bridgehead atoms. The van der Waals surface area contributed by atoms with E-state index in [0.717, 1.165) is 31.7 Å². The van der Waals surface area contributed by atoms with Gasteiger partial charge < -0.3 is 5.32 Å². The number of nitrogens with zero attached hydrogens (tertiary/aromatic N) is 2. The van der Waals surface area contributed by atoms with Gasteiger partial charge in [-0.2, -0.15) is 28.8 Å². The van der Waals surface area contributed by atoms with Crippen molar-refractivity contribution < 1.29 is 8.42 Å². The zero-order valence-electron chi connectivity index (χ0n) is 13.4. The highest BCUT2D eigenvalue weighted by molar-refractivity contribution is 8.00. The number of hydrogen-bond donors (Lipinski definition) is 1. The summed E-state index contributed by atoms with van der Waals surface area (Å²) < 4.78 is 29.1. The van der Waals surface area contributed by atoms with Gasteiger partial charge in [-0.05, 0) is 38.8 Å². The molecule has 0 aliphatic carbocycles. The molecule has 2 heterocycles. The summed E-state index contributed by atoms with van der Waals surface area (Å²) in [6, 6.07) is 0.0910. The molecule has 0 aromatic heterocycles. The Morgan fingerprint density at radius 1 is 1.19 bits per heavy atom. The maximum absolute atomic E-state index is 12.8. The van der Waals surface area contributed by atoms with E-state index in [-0.39, 0.29) is 6.04 Å². The third kappa shape index (κ3) is 4.13. The van der Waals surface area contributed by atoms with Gasteiger partial charge in [-0.25, -0.2) is 0 Å². The highest BCUT2D eigenvalue weighted by atomic mass is 32.2. The van der Waals surface area contributed by atoms with E-state index in [9.17, 15) is 8.42 Å². The Morgan fingerprint density at radius 3 is 2.48 bits per heavy atom. The number of thioether (sulfide) groups is 1. The Hall–Kier alpha value is 0.180. The first-order chi connectivity index (χ1) is 9.96. The molecule has 21 heavy (non-hydrogen) atoms. The average Bonchev–Trinajstić information content (AvgIpc) is 2.48. The van der Waals surface area contributed by atoms with Crippen molar-refractivity contribution in [3.8, 4) is 0 Å². The summed E-state index contributed by atoms with van der Waals surface area (Å²) in [7, 11) is -3.28. The van der Waals surface area contributed by atoms with E-state index in [2.05, 4.69) is 19.2 Å². The monoisotopic (exact) mass is 335 g/mol. The molecule has 2 atom stereocenters. The molecule has 2 saturated heterocycles. The molecular weight excluding hydrogens is 306 g/mol. The Kier molecular flexibility index (Phi) is 6.38. The molecule has 2 aliphatic rings. The van der Waals surface area contributed by atoms with E-state index in [1.807, 2.05) is 18.7 Å². The number of nitrogens with one attached hydrogen (secondary N) is 1. The van der Waals surface area contributed by atoms with Crippen LogP contribution in [0.5, 0.6) is 0 Å². The molecule has 2 aliphatic heterocycles. The van der Waals surface area contributed by atoms with Crippen LogP contribution in [0.1, 0.15) is 33.6 Å². The van der Waals surface area contributed by atoms with E-state index in [1.165, 1.54) is 0 Å². The average molecular weight is 336 g/mol. The predicted octanol–water partition coefficient (Wildman–Crippen LogP) is 1.38. The van der Waals surface area contributed by atoms with E-state index < -0.39 is 10.2 Å². The quantitative estimate of drug-likeness (QED) is 0.825. The smallest absolute Gasteiger partial charge is 0.282 e. The Balaban J connectivity index is 1.95. The lowest BCUT2D eigenvalue weighted by Gasteiger charge is -2.41. The maximum atomic E-state index is 12.8. The first-order valence-electron chi connectivity index (χ1n) is 8.06. The van der Waals surface area contributed by atoms with Crippen LogP contribution in [0.2, 0.25) is 0 Å². The summed E-state index contributed by atoms with van der Waals surface area (Å²) in [5.41, 5.74) is 0. The summed E-state index contributed by atoms with van der Waals surface area (Å²) in [4.78, 5) is 0. The summed E-state index contributed by atoms with van der Waals surface area (Å²) in [6.07, 6.45) is 1.94. The number of hydrogen-bond acceptors (Lipinski definition) is 4. The second kappa shape index (κ2) is 7.64. The van der Waals surface area contributed by atoms with Crippen LogP contribution in [0.3, 0.4) is 0 Å². The van der Waals surface area contributed by atoms with E-state index >= 15 is 0 Å². The Bertz CT molecular complexity index is 422. The summed E-state index contributed by atoms with van der Waals surface area (Å²) in [5, 5.41) is 3.74. The zero-order chi connectivity index (χ0) is 15.5. The van der Waals surface area contributed by atoms with Crippen LogP contribution in [0, 0.1) is 5.92 Å². The third-order valence-corrected chi connectivity index (χ3v) is 8.17. The van der Waals surface area contributed by atoms with E-state index in [4.69, 9.17) is 0 Å². The van der Waals surface area contributed by atoms with Crippen molar-refractivity contribution in [2.45, 2.75) is 44.9 Å². The van der Waals surface area contributed by atoms with Crippen molar-refractivity contribution in [1.29, 1.82) is 0 Å². The van der Waals surface area contributed by atoms with Crippen LogP contribution in [-0.4, -0.2) is 66.8 Å². The van der Waals surface area contributed by atoms with Crippen LogP contribution < -0.4 is 5.32 Å². The molecule has 0 spiro atoms. The highest BCUT2D eigenvalue weighted by Crippen LogP contribution is 2.29. The van der Waals surface area contributed by atoms with Gasteiger partial charge in [0.05, 0.1) is 0 Å². The van der Waals surface area contributed by atoms with Crippen molar-refractivity contribution in [3.63, 3.8) is 0 Å². The molecule has 2 rings (SSSR count). The summed E-state index contributed by atoms with van der Waals surface area (Å²) in [6.45, 7) is 10.3. The van der Waals surface area contributed by atoms with Gasteiger partial charge in [-0.15, -0.1) is 0 Å². The minimum atomic E-state index is -3.28. The largest absolute Gasteiger partial charge is 0.317 e. The molecule has 0 radical (unpaired) electrons. The lowest BCUT2D eigenvalue weighted by molar-refractivity contribution is 0.238. The fourth-order valence-electron chi connectivity index (χ4n) is 3.07. The van der Waals surface area contributed by atoms with Crippen molar-refractivity contribution in [2.75, 3.05) is 38.5 Å². The van der Waals surface area contributed by atoms with Gasteiger partial charge >= 0.3 is 0 Å². The van der Waals surface area contributed by atoms with E-state index in [1.54, 1.807) is 8.61 Å². The third-order valence-electron chi connectivity index (χ3n) is 4.71. The number of rotatable bonds is 5. The molecule has 0 saturated carbocycles. The second-order valence-corrected chi connectivity index (χ2v) is 9.45. The number of piperidine rings is 1. The van der Waals surface area contributed by atoms with Crippen LogP contribution in [0.15, 0.2) is 0 Å². The Labute approximate surface area is 134 Å². The van der Waals surface area contributed by atoms with Gasteiger partial charge in [-0.3, -0.25) is 0 Å². The maximum Gasteiger partial charge on any atom is 0.282 e. The molecule has 124 valence electrons. The molecule has 1 N–H and O–H groups in total. The topological polar surface area (TPSA) is 52.7 Å². The van der Waals surface area contributed by atoms with Gasteiger partial charge in [0, 0.05) is 36.7 Å². The van der Waals surface area contributed by atoms with Crippen LogP contribution in [0.4, 0.5) is 0 Å². The van der Waals surface area contributed by atoms with Crippen molar-refractivity contribution in [2.24, 2.45) is 5.92 Å². The molecule has 7 heteroatoms. The molecule has 5 nitrogen and oxygen atoms in total. The molecule has 2 unspecified atom stereocenters. The first-order valence-corrected chi connectivity index (χ1v) is 10.5. The second-order valence-electron chi connectivity index (χ2n) is 6.09. The van der Waals surface area contributed by atoms with Crippen LogP contribution >= 0.6 is 11.8 Å². The predicted molar refractivity (Wildman–Crippen MR) is 89.8 cm³/mol. The summed E-state index contributed by atoms with van der Waals surface area (Å²) in [5.74, 6) is 1.52. The van der Waals surface area contributed by atoms with Crippen molar-refractivity contribution >= 4 is 22.0 Å². The van der Waals surface area contributed by atoms with Gasteiger partial charge in [0.15, 0.2) is 0 Å². The van der Waals surface area contributed by atoms with Gasteiger partial charge in [0.2, 0.25) is 0 Å². The lowest BCUT2D eigenvalue weighted by atomic mass is 9.98. The van der Waals surface area contributed by atoms with Crippen LogP contribution in [-0.2, 0) is 10.2 Å². The standard InChI is InChI=1S/C14H29N3O2S2/c1-4-15-11-14-5-7-16(8-6-14)21(18,19)17-9-10-20-13(3)12(17)2/h12-15H,4-11H2,1-3H3. The summed E-state index contributed by atoms with van der Waals surface area (Å²) >= 11 is 1.87. The minimum Gasteiger partial charge on any atom is -0.317 e. The molecule has 0 aromatic carbocycles. The SMILES string of the molecule is CCNCC1CCN(S(=O)(=O)N2CCSC(C)C2C)CC1. The molecule has 2 fully saturated rings.